The number of nitrogens with zero attached hydrogens (tertiary/aromatic N) is 2. The van der Waals surface area contributed by atoms with Gasteiger partial charge in [-0.2, -0.15) is 0 Å². The Kier molecular flexibility index (Phi) is 4.55. The van der Waals surface area contributed by atoms with Crippen LogP contribution in [0.1, 0.15) is 0 Å². The van der Waals surface area contributed by atoms with Gasteiger partial charge in [0.05, 0.1) is 21.3 Å². The monoisotopic (exact) mass is 280 g/mol. The molecule has 0 aromatic heterocycles. The quantitative estimate of drug-likeness (QED) is 0.841. The number of hydrogen-bond donors (Lipinski definition) is 0. The van der Waals surface area contributed by atoms with Crippen LogP contribution in [0.5, 0.6) is 11.5 Å². The van der Waals surface area contributed by atoms with Crippen molar-refractivity contribution in [3.63, 3.8) is 0 Å². The molecule has 0 aliphatic carbocycles. The minimum atomic E-state index is -0.267. The molecule has 1 aliphatic rings. The number of ether oxygens (including phenoxy) is 3. The van der Waals surface area contributed by atoms with E-state index in [0.29, 0.717) is 24.6 Å². The fourth-order valence-corrected chi connectivity index (χ4v) is 2.30. The molecule has 0 spiro atoms. The number of anilines is 1. The summed E-state index contributed by atoms with van der Waals surface area (Å²) in [6, 6.07) is 5.84. The smallest absolute Gasteiger partial charge is 0.409 e. The van der Waals surface area contributed by atoms with Gasteiger partial charge in [-0.1, -0.05) is 0 Å². The second-order valence-electron chi connectivity index (χ2n) is 4.48. The van der Waals surface area contributed by atoms with E-state index >= 15 is 0 Å². The molecule has 0 radical (unpaired) electrons. The maximum atomic E-state index is 11.4. The zero-order valence-electron chi connectivity index (χ0n) is 12.1. The number of rotatable bonds is 3. The lowest BCUT2D eigenvalue weighted by molar-refractivity contribution is 0.121. The number of carbonyl (C=O) groups excluding carboxylic acids is 1. The average Bonchev–Trinajstić information content (AvgIpc) is 2.53. The number of hydrogen-bond acceptors (Lipinski definition) is 5. The van der Waals surface area contributed by atoms with E-state index in [1.165, 1.54) is 7.11 Å². The van der Waals surface area contributed by atoms with E-state index in [4.69, 9.17) is 14.2 Å². The predicted molar refractivity (Wildman–Crippen MR) is 75.7 cm³/mol. The van der Waals surface area contributed by atoms with Crippen LogP contribution in [-0.4, -0.2) is 58.5 Å². The Morgan fingerprint density at radius 3 is 2.20 bits per heavy atom. The standard InChI is InChI=1S/C14H20N2O4/c1-18-12-5-4-11(10-13(12)19-2)15-6-8-16(9-7-15)14(17)20-3/h4-5,10H,6-9H2,1-3H3. The second kappa shape index (κ2) is 6.36. The molecule has 0 N–H and O–H groups in total. The Hall–Kier alpha value is -2.11. The van der Waals surface area contributed by atoms with Gasteiger partial charge >= 0.3 is 6.09 Å². The number of benzene rings is 1. The molecule has 20 heavy (non-hydrogen) atoms. The van der Waals surface area contributed by atoms with Gasteiger partial charge in [0.1, 0.15) is 0 Å². The fourth-order valence-electron chi connectivity index (χ4n) is 2.30. The predicted octanol–water partition coefficient (Wildman–Crippen LogP) is 1.59. The summed E-state index contributed by atoms with van der Waals surface area (Å²) in [5.41, 5.74) is 1.06. The van der Waals surface area contributed by atoms with Crippen molar-refractivity contribution in [2.45, 2.75) is 0 Å². The highest BCUT2D eigenvalue weighted by molar-refractivity contribution is 5.68. The highest BCUT2D eigenvalue weighted by Gasteiger charge is 2.22. The Balaban J connectivity index is 2.05. The van der Waals surface area contributed by atoms with Gasteiger partial charge in [0, 0.05) is 37.9 Å². The minimum absolute atomic E-state index is 0.267. The molecule has 2 rings (SSSR count). The maximum Gasteiger partial charge on any atom is 0.409 e. The number of carbonyl (C=O) groups is 1. The Morgan fingerprint density at radius 2 is 1.65 bits per heavy atom. The molecule has 1 heterocycles. The minimum Gasteiger partial charge on any atom is -0.493 e. The Bertz CT molecular complexity index is 470. The topological polar surface area (TPSA) is 51.2 Å². The molecule has 1 fully saturated rings. The lowest BCUT2D eigenvalue weighted by Crippen LogP contribution is -2.48. The molecular weight excluding hydrogens is 260 g/mol. The molecule has 0 saturated carbocycles. The van der Waals surface area contributed by atoms with Crippen molar-refractivity contribution in [2.75, 3.05) is 52.4 Å². The largest absolute Gasteiger partial charge is 0.493 e. The average molecular weight is 280 g/mol. The third kappa shape index (κ3) is 2.89. The first-order chi connectivity index (χ1) is 9.69. The molecule has 0 unspecified atom stereocenters. The first-order valence-corrected chi connectivity index (χ1v) is 6.49. The van der Waals surface area contributed by atoms with Crippen molar-refractivity contribution in [1.82, 2.24) is 4.90 Å². The van der Waals surface area contributed by atoms with Gasteiger partial charge in [-0.25, -0.2) is 4.79 Å². The summed E-state index contributed by atoms with van der Waals surface area (Å²) in [4.78, 5) is 15.4. The van der Waals surface area contributed by atoms with E-state index in [1.807, 2.05) is 18.2 Å². The molecule has 0 atom stereocenters. The van der Waals surface area contributed by atoms with E-state index < -0.39 is 0 Å². The first kappa shape index (κ1) is 14.3. The zero-order chi connectivity index (χ0) is 14.5. The zero-order valence-corrected chi connectivity index (χ0v) is 12.1. The van der Waals surface area contributed by atoms with Crippen molar-refractivity contribution in [3.8, 4) is 11.5 Å². The molecule has 110 valence electrons. The van der Waals surface area contributed by atoms with Crippen molar-refractivity contribution in [1.29, 1.82) is 0 Å². The van der Waals surface area contributed by atoms with E-state index in [9.17, 15) is 4.79 Å². The van der Waals surface area contributed by atoms with Crippen molar-refractivity contribution >= 4 is 11.8 Å². The molecular formula is C14H20N2O4. The van der Waals surface area contributed by atoms with Crippen LogP contribution in [0.4, 0.5) is 10.5 Å². The maximum absolute atomic E-state index is 11.4. The van der Waals surface area contributed by atoms with Crippen molar-refractivity contribution in [2.24, 2.45) is 0 Å². The van der Waals surface area contributed by atoms with Crippen LogP contribution >= 0.6 is 0 Å². The molecule has 0 bridgehead atoms. The highest BCUT2D eigenvalue weighted by Crippen LogP contribution is 2.31. The first-order valence-electron chi connectivity index (χ1n) is 6.49. The summed E-state index contributed by atoms with van der Waals surface area (Å²) < 4.78 is 15.3. The summed E-state index contributed by atoms with van der Waals surface area (Å²) in [6.45, 7) is 2.84. The van der Waals surface area contributed by atoms with Crippen LogP contribution in [0.25, 0.3) is 0 Å². The van der Waals surface area contributed by atoms with E-state index in [-0.39, 0.29) is 6.09 Å². The van der Waals surface area contributed by atoms with Crippen LogP contribution in [0.15, 0.2) is 18.2 Å². The van der Waals surface area contributed by atoms with Gasteiger partial charge < -0.3 is 24.0 Å². The fraction of sp³-hybridized carbons (Fsp3) is 0.500. The summed E-state index contributed by atoms with van der Waals surface area (Å²) in [5.74, 6) is 1.42. The third-order valence-corrected chi connectivity index (χ3v) is 3.44. The van der Waals surface area contributed by atoms with E-state index in [2.05, 4.69) is 4.90 Å². The van der Waals surface area contributed by atoms with Gasteiger partial charge in [0.2, 0.25) is 0 Å². The van der Waals surface area contributed by atoms with E-state index in [1.54, 1.807) is 19.1 Å². The van der Waals surface area contributed by atoms with Gasteiger partial charge in [-0.15, -0.1) is 0 Å². The number of amides is 1. The van der Waals surface area contributed by atoms with Gasteiger partial charge in [-0.3, -0.25) is 0 Å². The van der Waals surface area contributed by atoms with Crippen LogP contribution < -0.4 is 14.4 Å². The van der Waals surface area contributed by atoms with E-state index in [0.717, 1.165) is 18.8 Å². The number of piperazine rings is 1. The summed E-state index contributed by atoms with van der Waals surface area (Å²) >= 11 is 0. The third-order valence-electron chi connectivity index (χ3n) is 3.44. The molecule has 1 aromatic rings. The normalized spacial score (nSPS) is 14.9. The lowest BCUT2D eigenvalue weighted by atomic mass is 10.2. The SMILES string of the molecule is COC(=O)N1CCN(c2ccc(OC)c(OC)c2)CC1. The Morgan fingerprint density at radius 1 is 1.00 bits per heavy atom. The van der Waals surface area contributed by atoms with Gasteiger partial charge in [-0.05, 0) is 12.1 Å². The van der Waals surface area contributed by atoms with Crippen LogP contribution in [-0.2, 0) is 4.74 Å². The molecule has 6 heteroatoms. The Labute approximate surface area is 118 Å². The summed E-state index contributed by atoms with van der Waals surface area (Å²) in [7, 11) is 4.65. The second-order valence-corrected chi connectivity index (χ2v) is 4.48. The number of methoxy groups -OCH3 is 3. The van der Waals surface area contributed by atoms with Gasteiger partial charge in [0.25, 0.3) is 0 Å². The lowest BCUT2D eigenvalue weighted by Gasteiger charge is -2.35. The van der Waals surface area contributed by atoms with Crippen LogP contribution in [0, 0.1) is 0 Å². The molecule has 1 saturated heterocycles. The van der Waals surface area contributed by atoms with Crippen LogP contribution in [0.3, 0.4) is 0 Å². The van der Waals surface area contributed by atoms with Crippen molar-refractivity contribution in [3.05, 3.63) is 18.2 Å². The summed E-state index contributed by atoms with van der Waals surface area (Å²) in [5, 5.41) is 0. The van der Waals surface area contributed by atoms with Gasteiger partial charge in [0.15, 0.2) is 11.5 Å². The molecule has 1 aromatic carbocycles. The molecule has 1 amide bonds. The summed E-state index contributed by atoms with van der Waals surface area (Å²) in [6.07, 6.45) is -0.267. The van der Waals surface area contributed by atoms with Crippen molar-refractivity contribution < 1.29 is 19.0 Å². The highest BCUT2D eigenvalue weighted by atomic mass is 16.5. The van der Waals surface area contributed by atoms with Crippen LogP contribution in [0.2, 0.25) is 0 Å². The molecule has 6 nitrogen and oxygen atoms in total. The molecule has 1 aliphatic heterocycles.